The second-order valence-corrected chi connectivity index (χ2v) is 7.51. The molecule has 0 spiro atoms. The number of nitrogens with one attached hydrogen (secondary N) is 1. The fourth-order valence-corrected chi connectivity index (χ4v) is 3.94. The highest BCUT2D eigenvalue weighted by Crippen LogP contribution is 2.30. The first-order valence-corrected chi connectivity index (χ1v) is 9.70. The first kappa shape index (κ1) is 15.6. The maximum Gasteiger partial charge on any atom is 0.136 e. The number of para-hydroxylation sites is 1. The Morgan fingerprint density at radius 1 is 0.808 bits per heavy atom. The Kier molecular flexibility index (Phi) is 3.78. The van der Waals surface area contributed by atoms with Gasteiger partial charge in [-0.25, -0.2) is 4.99 Å². The van der Waals surface area contributed by atoms with Crippen LogP contribution in [-0.2, 0) is 0 Å². The maximum atomic E-state index is 6.02. The minimum Gasteiger partial charge on any atom is -0.456 e. The number of hydrogen-bond acceptors (Lipinski definition) is 3. The van der Waals surface area contributed by atoms with Gasteiger partial charge in [0.25, 0.3) is 0 Å². The zero-order chi connectivity index (χ0) is 17.5. The maximum absolute atomic E-state index is 6.02. The van der Waals surface area contributed by atoms with Gasteiger partial charge in [0.1, 0.15) is 21.1 Å². The smallest absolute Gasteiger partial charge is 0.136 e. The van der Waals surface area contributed by atoms with Crippen LogP contribution in [0.25, 0.3) is 27.6 Å². The summed E-state index contributed by atoms with van der Waals surface area (Å²) in [5, 5.41) is 5.75. The highest BCUT2D eigenvalue weighted by molar-refractivity contribution is 14.1. The predicted octanol–water partition coefficient (Wildman–Crippen LogP) is 5.74. The van der Waals surface area contributed by atoms with E-state index < -0.39 is 0 Å². The van der Waals surface area contributed by atoms with Crippen LogP contribution >= 0.6 is 22.6 Å². The quantitative estimate of drug-likeness (QED) is 0.240. The van der Waals surface area contributed by atoms with Crippen LogP contribution in [0.1, 0.15) is 11.1 Å². The van der Waals surface area contributed by atoms with Crippen LogP contribution in [0.15, 0.2) is 88.3 Å². The summed E-state index contributed by atoms with van der Waals surface area (Å²) in [6.45, 7) is 0. The van der Waals surface area contributed by atoms with E-state index in [0.717, 1.165) is 44.6 Å². The molecular weight excluding hydrogens is 435 g/mol. The largest absolute Gasteiger partial charge is 0.456 e. The summed E-state index contributed by atoms with van der Waals surface area (Å²) in [6, 6.07) is 24.7. The minimum absolute atomic E-state index is 0.0884. The van der Waals surface area contributed by atoms with Crippen LogP contribution in [0.5, 0.6) is 0 Å². The van der Waals surface area contributed by atoms with Gasteiger partial charge in [0.15, 0.2) is 0 Å². The van der Waals surface area contributed by atoms with Gasteiger partial charge >= 0.3 is 0 Å². The van der Waals surface area contributed by atoms with Crippen molar-refractivity contribution < 1.29 is 4.42 Å². The molecule has 0 amide bonds. The lowest BCUT2D eigenvalue weighted by atomic mass is 10.1. The van der Waals surface area contributed by atoms with Crippen molar-refractivity contribution in [1.29, 1.82) is 0 Å². The zero-order valence-electron chi connectivity index (χ0n) is 13.8. The Morgan fingerprint density at radius 2 is 1.58 bits per heavy atom. The standard InChI is InChI=1S/C22H15IN2O/c23-21-13-18(14-6-2-1-3-7-14)24-22(25-21)15-10-11-17-16-8-4-5-9-19(16)26-20(17)12-15/h1-13,21H,(H,24,25). The third-order valence-electron chi connectivity index (χ3n) is 4.55. The van der Waals surface area contributed by atoms with Crippen molar-refractivity contribution in [3.8, 4) is 0 Å². The molecule has 4 heteroatoms. The molecule has 3 nitrogen and oxygen atoms in total. The lowest BCUT2D eigenvalue weighted by molar-refractivity contribution is 0.669. The molecule has 1 aliphatic heterocycles. The molecule has 0 saturated carbocycles. The molecule has 1 unspecified atom stereocenters. The van der Waals surface area contributed by atoms with Gasteiger partial charge in [-0.3, -0.25) is 0 Å². The Morgan fingerprint density at radius 3 is 2.46 bits per heavy atom. The number of amidine groups is 1. The van der Waals surface area contributed by atoms with Crippen LogP contribution in [0.2, 0.25) is 0 Å². The summed E-state index contributed by atoms with van der Waals surface area (Å²) in [5.74, 6) is 0.869. The fourth-order valence-electron chi connectivity index (χ4n) is 3.31. The normalized spacial score (nSPS) is 17.0. The van der Waals surface area contributed by atoms with Crippen molar-refractivity contribution in [2.24, 2.45) is 4.99 Å². The van der Waals surface area contributed by atoms with Crippen molar-refractivity contribution in [2.45, 2.75) is 4.05 Å². The van der Waals surface area contributed by atoms with E-state index in [4.69, 9.17) is 9.41 Å². The number of aliphatic imine (C=N–C) groups is 1. The number of alkyl halides is 1. The van der Waals surface area contributed by atoms with Crippen molar-refractivity contribution >= 4 is 56.1 Å². The molecule has 126 valence electrons. The van der Waals surface area contributed by atoms with E-state index in [9.17, 15) is 0 Å². The molecule has 1 aliphatic rings. The van der Waals surface area contributed by atoms with E-state index >= 15 is 0 Å². The number of nitrogens with zero attached hydrogens (tertiary/aromatic N) is 1. The molecule has 0 aliphatic carbocycles. The van der Waals surface area contributed by atoms with E-state index in [2.05, 4.69) is 70.4 Å². The van der Waals surface area contributed by atoms with Gasteiger partial charge in [-0.1, -0.05) is 77.2 Å². The number of rotatable bonds is 2. The van der Waals surface area contributed by atoms with Crippen LogP contribution in [0.4, 0.5) is 0 Å². The first-order chi connectivity index (χ1) is 12.8. The van der Waals surface area contributed by atoms with Crippen LogP contribution in [0.3, 0.4) is 0 Å². The molecule has 3 aromatic carbocycles. The SMILES string of the molecule is IC1C=C(c2ccccc2)NC(c2ccc3c(c2)oc2ccccc23)=N1. The minimum atomic E-state index is 0.0884. The number of hydrogen-bond donors (Lipinski definition) is 1. The average Bonchev–Trinajstić information content (AvgIpc) is 3.06. The van der Waals surface area contributed by atoms with Crippen LogP contribution < -0.4 is 5.32 Å². The molecular formula is C22H15IN2O. The third kappa shape index (κ3) is 2.70. The monoisotopic (exact) mass is 450 g/mol. The molecule has 1 atom stereocenters. The molecule has 1 aromatic heterocycles. The van der Waals surface area contributed by atoms with Gasteiger partial charge in [0.2, 0.25) is 0 Å². The van der Waals surface area contributed by atoms with Crippen LogP contribution in [0, 0.1) is 0 Å². The van der Waals surface area contributed by atoms with E-state index in [1.165, 1.54) is 0 Å². The van der Waals surface area contributed by atoms with E-state index in [1.54, 1.807) is 0 Å². The predicted molar refractivity (Wildman–Crippen MR) is 116 cm³/mol. The summed E-state index contributed by atoms with van der Waals surface area (Å²) in [7, 11) is 0. The summed E-state index contributed by atoms with van der Waals surface area (Å²) in [4.78, 5) is 4.76. The lowest BCUT2D eigenvalue weighted by Gasteiger charge is -2.20. The topological polar surface area (TPSA) is 37.5 Å². The van der Waals surface area contributed by atoms with Gasteiger partial charge in [-0.05, 0) is 29.8 Å². The molecule has 0 bridgehead atoms. The average molecular weight is 450 g/mol. The van der Waals surface area contributed by atoms with Crippen molar-refractivity contribution in [2.75, 3.05) is 0 Å². The highest BCUT2D eigenvalue weighted by Gasteiger charge is 2.17. The second kappa shape index (κ2) is 6.29. The summed E-state index contributed by atoms with van der Waals surface area (Å²) >= 11 is 2.34. The van der Waals surface area contributed by atoms with E-state index in [0.29, 0.717) is 0 Å². The van der Waals surface area contributed by atoms with Gasteiger partial charge in [-0.15, -0.1) is 0 Å². The Hall–Kier alpha value is -2.60. The Labute approximate surface area is 164 Å². The Bertz CT molecular complexity index is 1170. The van der Waals surface area contributed by atoms with Gasteiger partial charge < -0.3 is 9.73 Å². The van der Waals surface area contributed by atoms with E-state index in [-0.39, 0.29) is 4.05 Å². The molecule has 0 fully saturated rings. The highest BCUT2D eigenvalue weighted by atomic mass is 127. The molecule has 0 radical (unpaired) electrons. The first-order valence-electron chi connectivity index (χ1n) is 8.46. The van der Waals surface area contributed by atoms with Crippen molar-refractivity contribution in [3.05, 3.63) is 90.0 Å². The molecule has 1 N–H and O–H groups in total. The van der Waals surface area contributed by atoms with Gasteiger partial charge in [0.05, 0.1) is 0 Å². The number of fused-ring (bicyclic) bond motifs is 3. The number of benzene rings is 3. The van der Waals surface area contributed by atoms with Gasteiger partial charge in [0, 0.05) is 22.0 Å². The third-order valence-corrected chi connectivity index (χ3v) is 5.18. The fraction of sp³-hybridized carbons (Fsp3) is 0.0455. The molecule has 5 rings (SSSR count). The lowest BCUT2D eigenvalue weighted by Crippen LogP contribution is -2.28. The summed E-state index contributed by atoms with van der Waals surface area (Å²) in [5.41, 5.74) is 5.06. The summed E-state index contributed by atoms with van der Waals surface area (Å²) < 4.78 is 6.11. The number of furan rings is 1. The molecule has 2 heterocycles. The number of halogens is 1. The Balaban J connectivity index is 1.56. The molecule has 0 saturated heterocycles. The summed E-state index contributed by atoms with van der Waals surface area (Å²) in [6.07, 6.45) is 2.14. The van der Waals surface area contributed by atoms with E-state index in [1.807, 2.05) is 36.4 Å². The van der Waals surface area contributed by atoms with Crippen molar-refractivity contribution in [1.82, 2.24) is 5.32 Å². The molecule has 26 heavy (non-hydrogen) atoms. The van der Waals surface area contributed by atoms with Gasteiger partial charge in [-0.2, -0.15) is 0 Å². The second-order valence-electron chi connectivity index (χ2n) is 6.23. The van der Waals surface area contributed by atoms with Crippen molar-refractivity contribution in [3.63, 3.8) is 0 Å². The van der Waals surface area contributed by atoms with Crippen LogP contribution in [-0.4, -0.2) is 9.88 Å². The molecule has 4 aromatic rings. The zero-order valence-corrected chi connectivity index (χ0v) is 16.0.